The minimum atomic E-state index is -0.162. The molecule has 1 amide bonds. The van der Waals surface area contributed by atoms with Gasteiger partial charge in [0.1, 0.15) is 5.58 Å². The molecule has 0 saturated heterocycles. The van der Waals surface area contributed by atoms with Crippen LogP contribution < -0.4 is 11.1 Å². The fraction of sp³-hybridized carbons (Fsp3) is 0.438. The molecule has 2 rings (SSSR count). The normalized spacial score (nSPS) is 11.8. The monoisotopic (exact) mass is 274 g/mol. The smallest absolute Gasteiger partial charge is 0.287 e. The minimum absolute atomic E-state index is 0.158. The third-order valence-corrected chi connectivity index (χ3v) is 4.17. The van der Waals surface area contributed by atoms with Crippen LogP contribution in [0.4, 0.5) is 5.69 Å². The van der Waals surface area contributed by atoms with Crippen LogP contribution in [0.3, 0.4) is 0 Å². The van der Waals surface area contributed by atoms with Crippen molar-refractivity contribution in [1.29, 1.82) is 0 Å². The van der Waals surface area contributed by atoms with Gasteiger partial charge in [-0.15, -0.1) is 0 Å². The van der Waals surface area contributed by atoms with Gasteiger partial charge in [0.05, 0.1) is 0 Å². The molecule has 0 aliphatic rings. The predicted molar refractivity (Wildman–Crippen MR) is 81.7 cm³/mol. The van der Waals surface area contributed by atoms with E-state index in [0.29, 0.717) is 17.0 Å². The van der Waals surface area contributed by atoms with Crippen LogP contribution in [0, 0.1) is 0 Å². The van der Waals surface area contributed by atoms with Crippen LogP contribution in [-0.2, 0) is 0 Å². The number of nitrogens with two attached hydrogens (primary N) is 1. The third-order valence-electron chi connectivity index (χ3n) is 4.17. The molecule has 0 spiro atoms. The molecule has 1 heterocycles. The van der Waals surface area contributed by atoms with E-state index in [9.17, 15) is 4.79 Å². The molecule has 0 atom stereocenters. The van der Waals surface area contributed by atoms with Gasteiger partial charge in [-0.05, 0) is 43.5 Å². The van der Waals surface area contributed by atoms with Crippen molar-refractivity contribution in [3.8, 4) is 0 Å². The van der Waals surface area contributed by atoms with Gasteiger partial charge < -0.3 is 15.5 Å². The lowest BCUT2D eigenvalue weighted by molar-refractivity contribution is 0.0861. The van der Waals surface area contributed by atoms with Gasteiger partial charge in [0.25, 0.3) is 5.91 Å². The van der Waals surface area contributed by atoms with Gasteiger partial charge in [-0.25, -0.2) is 0 Å². The van der Waals surface area contributed by atoms with Gasteiger partial charge in [0.15, 0.2) is 5.76 Å². The van der Waals surface area contributed by atoms with E-state index in [0.717, 1.165) is 24.6 Å². The standard InChI is InChI=1S/C16H22N2O2/c1-4-16(5-2,6-3)18-15(19)14-10-11-9-12(17)7-8-13(11)20-14/h7-10H,4-6,17H2,1-3H3,(H,18,19). The highest BCUT2D eigenvalue weighted by Crippen LogP contribution is 2.24. The van der Waals surface area contributed by atoms with E-state index in [-0.39, 0.29) is 11.4 Å². The molecule has 0 aliphatic carbocycles. The summed E-state index contributed by atoms with van der Waals surface area (Å²) < 4.78 is 5.60. The SMILES string of the molecule is CCC(CC)(CC)NC(=O)c1cc2cc(N)ccc2o1. The summed E-state index contributed by atoms with van der Waals surface area (Å²) in [5, 5.41) is 3.96. The number of hydrogen-bond donors (Lipinski definition) is 2. The summed E-state index contributed by atoms with van der Waals surface area (Å²) in [6, 6.07) is 7.10. The molecular weight excluding hydrogens is 252 g/mol. The number of carbonyl (C=O) groups excluding carboxylic acids is 1. The first-order chi connectivity index (χ1) is 9.53. The molecule has 0 saturated carbocycles. The maximum absolute atomic E-state index is 12.4. The summed E-state index contributed by atoms with van der Waals surface area (Å²) in [4.78, 5) is 12.4. The molecule has 2 aromatic rings. The fourth-order valence-corrected chi connectivity index (χ4v) is 2.49. The molecule has 4 heteroatoms. The summed E-state index contributed by atoms with van der Waals surface area (Å²) in [6.07, 6.45) is 2.71. The Kier molecular flexibility index (Phi) is 4.02. The van der Waals surface area contributed by atoms with Crippen molar-refractivity contribution in [3.63, 3.8) is 0 Å². The van der Waals surface area contributed by atoms with Gasteiger partial charge in [0, 0.05) is 16.6 Å². The van der Waals surface area contributed by atoms with Crippen molar-refractivity contribution in [1.82, 2.24) is 5.32 Å². The van der Waals surface area contributed by atoms with Crippen LogP contribution in [0.1, 0.15) is 50.6 Å². The average Bonchev–Trinajstić information content (AvgIpc) is 2.88. The highest BCUT2D eigenvalue weighted by atomic mass is 16.3. The van der Waals surface area contributed by atoms with Crippen LogP contribution in [0.5, 0.6) is 0 Å². The average molecular weight is 274 g/mol. The number of amides is 1. The summed E-state index contributed by atoms with van der Waals surface area (Å²) in [5.74, 6) is 0.177. The first-order valence-corrected chi connectivity index (χ1v) is 7.15. The van der Waals surface area contributed by atoms with Crippen molar-refractivity contribution in [3.05, 3.63) is 30.0 Å². The zero-order valence-corrected chi connectivity index (χ0v) is 12.3. The van der Waals surface area contributed by atoms with Crippen molar-refractivity contribution in [2.45, 2.75) is 45.6 Å². The largest absolute Gasteiger partial charge is 0.451 e. The Morgan fingerprint density at radius 2 is 1.85 bits per heavy atom. The zero-order chi connectivity index (χ0) is 14.8. The quantitative estimate of drug-likeness (QED) is 0.817. The molecule has 0 bridgehead atoms. The number of furan rings is 1. The van der Waals surface area contributed by atoms with E-state index in [1.165, 1.54) is 0 Å². The molecule has 4 nitrogen and oxygen atoms in total. The summed E-state index contributed by atoms with van der Waals surface area (Å²) in [5.41, 5.74) is 6.92. The van der Waals surface area contributed by atoms with E-state index in [4.69, 9.17) is 10.2 Å². The predicted octanol–water partition coefficient (Wildman–Crippen LogP) is 3.71. The Bertz CT molecular complexity index is 604. The second-order valence-electron chi connectivity index (χ2n) is 5.20. The van der Waals surface area contributed by atoms with E-state index >= 15 is 0 Å². The van der Waals surface area contributed by atoms with Crippen molar-refractivity contribution in [2.24, 2.45) is 0 Å². The Morgan fingerprint density at radius 3 is 2.45 bits per heavy atom. The molecule has 3 N–H and O–H groups in total. The summed E-state index contributed by atoms with van der Waals surface area (Å²) >= 11 is 0. The number of nitrogen functional groups attached to an aromatic ring is 1. The summed E-state index contributed by atoms with van der Waals surface area (Å²) in [7, 11) is 0. The first kappa shape index (κ1) is 14.4. The number of benzene rings is 1. The van der Waals surface area contributed by atoms with Crippen LogP contribution in [0.15, 0.2) is 28.7 Å². The lowest BCUT2D eigenvalue weighted by atomic mass is 9.89. The Labute approximate surface area is 119 Å². The second-order valence-corrected chi connectivity index (χ2v) is 5.20. The molecule has 0 aliphatic heterocycles. The van der Waals surface area contributed by atoms with E-state index in [2.05, 4.69) is 26.1 Å². The Morgan fingerprint density at radius 1 is 1.20 bits per heavy atom. The fourth-order valence-electron chi connectivity index (χ4n) is 2.49. The van der Waals surface area contributed by atoms with E-state index in [1.54, 1.807) is 18.2 Å². The van der Waals surface area contributed by atoms with Crippen molar-refractivity contribution in [2.75, 3.05) is 5.73 Å². The minimum Gasteiger partial charge on any atom is -0.451 e. The highest BCUT2D eigenvalue weighted by molar-refractivity contribution is 5.97. The third kappa shape index (κ3) is 2.64. The zero-order valence-electron chi connectivity index (χ0n) is 12.3. The van der Waals surface area contributed by atoms with Crippen LogP contribution in [0.2, 0.25) is 0 Å². The Balaban J connectivity index is 2.27. The van der Waals surface area contributed by atoms with Crippen molar-refractivity contribution >= 4 is 22.6 Å². The molecule has 1 aromatic carbocycles. The number of carbonyl (C=O) groups is 1. The van der Waals surface area contributed by atoms with Gasteiger partial charge in [-0.1, -0.05) is 20.8 Å². The van der Waals surface area contributed by atoms with Gasteiger partial charge in [-0.2, -0.15) is 0 Å². The maximum atomic E-state index is 12.4. The Hall–Kier alpha value is -1.97. The van der Waals surface area contributed by atoms with Crippen LogP contribution >= 0.6 is 0 Å². The van der Waals surface area contributed by atoms with E-state index in [1.807, 2.05) is 6.07 Å². The number of anilines is 1. The molecule has 0 fully saturated rings. The lowest BCUT2D eigenvalue weighted by Gasteiger charge is -2.31. The number of fused-ring (bicyclic) bond motifs is 1. The first-order valence-electron chi connectivity index (χ1n) is 7.15. The molecule has 0 radical (unpaired) electrons. The van der Waals surface area contributed by atoms with Crippen LogP contribution in [-0.4, -0.2) is 11.4 Å². The topological polar surface area (TPSA) is 68.3 Å². The molecule has 0 unspecified atom stereocenters. The van der Waals surface area contributed by atoms with Crippen molar-refractivity contribution < 1.29 is 9.21 Å². The maximum Gasteiger partial charge on any atom is 0.287 e. The van der Waals surface area contributed by atoms with Gasteiger partial charge in [-0.3, -0.25) is 4.79 Å². The molecule has 20 heavy (non-hydrogen) atoms. The second kappa shape index (κ2) is 5.57. The number of nitrogens with one attached hydrogen (secondary N) is 1. The van der Waals surface area contributed by atoms with Gasteiger partial charge in [0.2, 0.25) is 0 Å². The number of rotatable bonds is 5. The summed E-state index contributed by atoms with van der Waals surface area (Å²) in [6.45, 7) is 6.27. The lowest BCUT2D eigenvalue weighted by Crippen LogP contribution is -2.47. The molecule has 1 aromatic heterocycles. The molecular formula is C16H22N2O2. The van der Waals surface area contributed by atoms with E-state index < -0.39 is 0 Å². The highest BCUT2D eigenvalue weighted by Gasteiger charge is 2.27. The van der Waals surface area contributed by atoms with Gasteiger partial charge >= 0.3 is 0 Å². The van der Waals surface area contributed by atoms with Crippen LogP contribution in [0.25, 0.3) is 11.0 Å². The number of hydrogen-bond acceptors (Lipinski definition) is 3. The molecule has 108 valence electrons.